The Morgan fingerprint density at radius 2 is 1.07 bits per heavy atom. The minimum Gasteiger partial charge on any atom is -0.456 e. The van der Waals surface area contributed by atoms with Crippen molar-refractivity contribution >= 4 is 53.4 Å². The van der Waals surface area contributed by atoms with E-state index in [1.54, 1.807) is 11.3 Å². The maximum atomic E-state index is 6.21. The summed E-state index contributed by atoms with van der Waals surface area (Å²) in [6.07, 6.45) is 0. The number of fused-ring (bicyclic) bond motifs is 6. The van der Waals surface area contributed by atoms with Gasteiger partial charge < -0.3 is 4.42 Å². The minimum absolute atomic E-state index is 0.612. The molecular formula is C39H23N3OS. The van der Waals surface area contributed by atoms with E-state index in [4.69, 9.17) is 19.4 Å². The highest BCUT2D eigenvalue weighted by Gasteiger charge is 2.18. The van der Waals surface area contributed by atoms with Crippen LogP contribution >= 0.6 is 11.3 Å². The molecule has 0 radical (unpaired) electrons. The van der Waals surface area contributed by atoms with Gasteiger partial charge in [-0.15, -0.1) is 11.3 Å². The predicted octanol–water partition coefficient (Wildman–Crippen LogP) is 10.8. The fraction of sp³-hybridized carbons (Fsp3) is 0. The molecule has 0 bridgehead atoms. The molecule has 206 valence electrons. The van der Waals surface area contributed by atoms with Gasteiger partial charge in [0.05, 0.1) is 0 Å². The first-order valence-electron chi connectivity index (χ1n) is 14.5. The van der Waals surface area contributed by atoms with Crippen molar-refractivity contribution in [2.45, 2.75) is 0 Å². The molecule has 0 aliphatic rings. The molecule has 5 heteroatoms. The van der Waals surface area contributed by atoms with Gasteiger partial charge in [-0.05, 0) is 47.5 Å². The highest BCUT2D eigenvalue weighted by atomic mass is 32.1. The van der Waals surface area contributed by atoms with E-state index in [-0.39, 0.29) is 0 Å². The monoisotopic (exact) mass is 581 g/mol. The molecule has 0 unspecified atom stereocenters. The molecule has 3 heterocycles. The third-order valence-corrected chi connectivity index (χ3v) is 9.37. The molecule has 0 aliphatic carbocycles. The first kappa shape index (κ1) is 24.9. The third kappa shape index (κ3) is 4.09. The van der Waals surface area contributed by atoms with Crippen LogP contribution in [0.25, 0.3) is 87.4 Å². The molecule has 9 rings (SSSR count). The number of aromatic nitrogens is 3. The topological polar surface area (TPSA) is 51.8 Å². The van der Waals surface area contributed by atoms with E-state index in [9.17, 15) is 0 Å². The number of furan rings is 1. The molecule has 9 aromatic rings. The van der Waals surface area contributed by atoms with Crippen LogP contribution in [0.3, 0.4) is 0 Å². The van der Waals surface area contributed by atoms with Gasteiger partial charge in [-0.3, -0.25) is 0 Å². The van der Waals surface area contributed by atoms with Crippen molar-refractivity contribution < 1.29 is 4.42 Å². The molecule has 0 amide bonds. The van der Waals surface area contributed by atoms with Gasteiger partial charge >= 0.3 is 0 Å². The van der Waals surface area contributed by atoms with Crippen LogP contribution in [0.2, 0.25) is 0 Å². The second-order valence-electron chi connectivity index (χ2n) is 10.8. The van der Waals surface area contributed by atoms with E-state index in [1.807, 2.05) is 54.6 Å². The Hall–Kier alpha value is -5.65. The molecule has 0 aliphatic heterocycles. The van der Waals surface area contributed by atoms with Crippen LogP contribution in [0.1, 0.15) is 0 Å². The number of hydrogen-bond acceptors (Lipinski definition) is 5. The van der Waals surface area contributed by atoms with Crippen LogP contribution in [0.5, 0.6) is 0 Å². The Morgan fingerprint density at radius 1 is 0.409 bits per heavy atom. The minimum atomic E-state index is 0.612. The molecule has 4 nitrogen and oxygen atoms in total. The quantitative estimate of drug-likeness (QED) is 0.207. The van der Waals surface area contributed by atoms with E-state index in [1.165, 1.54) is 26.6 Å². The van der Waals surface area contributed by atoms with Crippen LogP contribution in [-0.4, -0.2) is 15.0 Å². The summed E-state index contributed by atoms with van der Waals surface area (Å²) in [7, 11) is 0. The largest absolute Gasteiger partial charge is 0.456 e. The zero-order chi connectivity index (χ0) is 29.0. The molecule has 0 atom stereocenters. The summed E-state index contributed by atoms with van der Waals surface area (Å²) in [5.74, 6) is 1.90. The van der Waals surface area contributed by atoms with Crippen LogP contribution in [0.15, 0.2) is 144 Å². The molecular weight excluding hydrogens is 559 g/mol. The van der Waals surface area contributed by atoms with Gasteiger partial charge in [0.2, 0.25) is 0 Å². The van der Waals surface area contributed by atoms with E-state index in [2.05, 4.69) is 84.9 Å². The van der Waals surface area contributed by atoms with Gasteiger partial charge in [0.1, 0.15) is 11.2 Å². The number of benzene rings is 6. The van der Waals surface area contributed by atoms with Crippen LogP contribution in [0, 0.1) is 0 Å². The summed E-state index contributed by atoms with van der Waals surface area (Å²) >= 11 is 1.78. The fourth-order valence-electron chi connectivity index (χ4n) is 5.99. The zero-order valence-electron chi connectivity index (χ0n) is 23.4. The molecule has 0 saturated carbocycles. The Balaban J connectivity index is 1.24. The maximum absolute atomic E-state index is 6.21. The Morgan fingerprint density at radius 3 is 1.91 bits per heavy atom. The zero-order valence-corrected chi connectivity index (χ0v) is 24.3. The van der Waals surface area contributed by atoms with Gasteiger partial charge in [-0.25, -0.2) is 15.0 Å². The van der Waals surface area contributed by atoms with Gasteiger partial charge in [0, 0.05) is 47.6 Å². The maximum Gasteiger partial charge on any atom is 0.165 e. The summed E-state index contributed by atoms with van der Waals surface area (Å²) in [6, 6.07) is 48.1. The fourth-order valence-corrected chi connectivity index (χ4v) is 7.18. The molecule has 44 heavy (non-hydrogen) atoms. The third-order valence-electron chi connectivity index (χ3n) is 8.15. The first-order chi connectivity index (χ1) is 21.8. The number of nitrogens with zero attached hydrogens (tertiary/aromatic N) is 3. The molecule has 0 saturated heterocycles. The Bertz CT molecular complexity index is 2500. The number of thiophene rings is 1. The average molecular weight is 582 g/mol. The van der Waals surface area contributed by atoms with Crippen molar-refractivity contribution in [3.8, 4) is 45.3 Å². The standard InChI is InChI=1S/C39H23N3OS/c1-3-10-24(11-4-1)26-19-21-35-32(22-26)30-15-9-16-31(36(30)44-35)39-41-37(25-12-5-2-6-13-25)40-38(42-39)27-18-20-29-28-14-7-8-17-33(28)43-34(29)23-27/h1-23H. The van der Waals surface area contributed by atoms with Gasteiger partial charge in [-0.1, -0.05) is 103 Å². The smallest absolute Gasteiger partial charge is 0.165 e. The summed E-state index contributed by atoms with van der Waals surface area (Å²) in [5, 5.41) is 4.61. The lowest BCUT2D eigenvalue weighted by atomic mass is 10.0. The van der Waals surface area contributed by atoms with Crippen LogP contribution < -0.4 is 0 Å². The molecule has 0 spiro atoms. The van der Waals surface area contributed by atoms with Crippen molar-refractivity contribution in [3.63, 3.8) is 0 Å². The Labute approximate surface area is 256 Å². The number of rotatable bonds is 4. The number of hydrogen-bond donors (Lipinski definition) is 0. The molecule has 6 aromatic carbocycles. The lowest BCUT2D eigenvalue weighted by molar-refractivity contribution is 0.669. The van der Waals surface area contributed by atoms with Crippen LogP contribution in [-0.2, 0) is 0 Å². The highest BCUT2D eigenvalue weighted by molar-refractivity contribution is 7.26. The second-order valence-corrected chi connectivity index (χ2v) is 11.9. The van der Waals surface area contributed by atoms with E-state index in [0.29, 0.717) is 17.5 Å². The van der Waals surface area contributed by atoms with E-state index < -0.39 is 0 Å². The summed E-state index contributed by atoms with van der Waals surface area (Å²) in [5.41, 5.74) is 6.92. The molecule has 3 aromatic heterocycles. The second kappa shape index (κ2) is 9.97. The van der Waals surface area contributed by atoms with Crippen molar-refractivity contribution in [2.75, 3.05) is 0 Å². The van der Waals surface area contributed by atoms with Crippen molar-refractivity contribution in [1.82, 2.24) is 15.0 Å². The summed E-state index contributed by atoms with van der Waals surface area (Å²) in [6.45, 7) is 0. The SMILES string of the molecule is c1ccc(-c2ccc3sc4c(-c5nc(-c6ccccc6)nc(-c6ccc7c(c6)oc6ccccc67)n5)cccc4c3c2)cc1. The van der Waals surface area contributed by atoms with E-state index >= 15 is 0 Å². The molecule has 0 N–H and O–H groups in total. The lowest BCUT2D eigenvalue weighted by Crippen LogP contribution is -2.00. The highest BCUT2D eigenvalue weighted by Crippen LogP contribution is 2.41. The van der Waals surface area contributed by atoms with Crippen molar-refractivity contribution in [3.05, 3.63) is 140 Å². The van der Waals surface area contributed by atoms with Crippen molar-refractivity contribution in [1.29, 1.82) is 0 Å². The van der Waals surface area contributed by atoms with Crippen molar-refractivity contribution in [2.24, 2.45) is 0 Å². The van der Waals surface area contributed by atoms with E-state index in [0.717, 1.165) is 43.3 Å². The normalized spacial score (nSPS) is 11.6. The van der Waals surface area contributed by atoms with Gasteiger partial charge in [-0.2, -0.15) is 0 Å². The summed E-state index contributed by atoms with van der Waals surface area (Å²) in [4.78, 5) is 15.1. The molecule has 0 fully saturated rings. The number of para-hydroxylation sites is 1. The van der Waals surface area contributed by atoms with Gasteiger partial charge in [0.15, 0.2) is 17.5 Å². The lowest BCUT2D eigenvalue weighted by Gasteiger charge is -2.09. The Kier molecular flexibility index (Phi) is 5.64. The van der Waals surface area contributed by atoms with Crippen LogP contribution in [0.4, 0.5) is 0 Å². The van der Waals surface area contributed by atoms with Gasteiger partial charge in [0.25, 0.3) is 0 Å². The summed E-state index contributed by atoms with van der Waals surface area (Å²) < 4.78 is 8.61. The first-order valence-corrected chi connectivity index (χ1v) is 15.3. The average Bonchev–Trinajstić information content (AvgIpc) is 3.66. The predicted molar refractivity (Wildman–Crippen MR) is 182 cm³/mol.